The Hall–Kier alpha value is -3.32. The topological polar surface area (TPSA) is 93.5 Å². The number of ether oxygens (including phenoxy) is 1. The fourth-order valence-corrected chi connectivity index (χ4v) is 2.53. The largest absolute Gasteiger partial charge is 0.463 e. The van der Waals surface area contributed by atoms with Crippen molar-refractivity contribution in [2.24, 2.45) is 5.10 Å². The first-order chi connectivity index (χ1) is 13.1. The molecule has 3 rings (SSSR count). The van der Waals surface area contributed by atoms with Gasteiger partial charge in [0, 0.05) is 10.4 Å². The van der Waals surface area contributed by atoms with Gasteiger partial charge in [-0.3, -0.25) is 10.2 Å². The molecule has 2 aromatic carbocycles. The van der Waals surface area contributed by atoms with Crippen LogP contribution in [0.5, 0.6) is 0 Å². The van der Waals surface area contributed by atoms with Crippen LogP contribution in [0.25, 0.3) is 10.9 Å². The second-order valence-electron chi connectivity index (χ2n) is 5.51. The van der Waals surface area contributed by atoms with E-state index in [4.69, 9.17) is 11.6 Å². The molecule has 1 heterocycles. The van der Waals surface area contributed by atoms with Crippen LogP contribution in [0.4, 0.5) is 5.82 Å². The molecule has 0 bridgehead atoms. The predicted octanol–water partition coefficient (Wildman–Crippen LogP) is 3.23. The second-order valence-corrected chi connectivity index (χ2v) is 5.94. The molecule has 7 nitrogen and oxygen atoms in total. The number of Topliss-reactive ketones (excluding diaryl/α,β-unsaturated/α-hetero) is 1. The average Bonchev–Trinajstić information content (AvgIpc) is 2.71. The highest BCUT2D eigenvalue weighted by molar-refractivity contribution is 6.38. The van der Waals surface area contributed by atoms with Crippen LogP contribution in [0.2, 0.25) is 5.02 Å². The van der Waals surface area contributed by atoms with Crippen LogP contribution in [-0.4, -0.2) is 34.5 Å². The number of nitrogens with zero attached hydrogens (tertiary/aromatic N) is 3. The van der Waals surface area contributed by atoms with Crippen LogP contribution >= 0.6 is 11.6 Å². The SMILES string of the molecule is COC(=O)C(=O)C/C(=N/Nc1ncnc2ccccc12)c1ccc(Cl)cc1. The van der Waals surface area contributed by atoms with Gasteiger partial charge >= 0.3 is 5.97 Å². The van der Waals surface area contributed by atoms with E-state index in [9.17, 15) is 9.59 Å². The number of carbonyl (C=O) groups excluding carboxylic acids is 2. The molecule has 0 spiro atoms. The summed E-state index contributed by atoms with van der Waals surface area (Å²) in [6, 6.07) is 14.2. The molecule has 136 valence electrons. The Labute approximate surface area is 160 Å². The summed E-state index contributed by atoms with van der Waals surface area (Å²) in [5.41, 5.74) is 4.61. The molecule has 0 saturated heterocycles. The number of ketones is 1. The third-order valence-electron chi connectivity index (χ3n) is 3.76. The molecule has 0 atom stereocenters. The van der Waals surface area contributed by atoms with Gasteiger partial charge in [0.25, 0.3) is 0 Å². The molecule has 0 radical (unpaired) electrons. The number of fused-ring (bicyclic) bond motifs is 1. The van der Waals surface area contributed by atoms with Crippen LogP contribution in [0.3, 0.4) is 0 Å². The Kier molecular flexibility index (Phi) is 5.73. The molecule has 0 aliphatic rings. The predicted molar refractivity (Wildman–Crippen MR) is 103 cm³/mol. The summed E-state index contributed by atoms with van der Waals surface area (Å²) in [7, 11) is 1.16. The zero-order chi connectivity index (χ0) is 19.2. The van der Waals surface area contributed by atoms with E-state index in [0.717, 1.165) is 18.0 Å². The van der Waals surface area contributed by atoms with Crippen molar-refractivity contribution in [1.82, 2.24) is 9.97 Å². The summed E-state index contributed by atoms with van der Waals surface area (Å²) in [4.78, 5) is 31.9. The van der Waals surface area contributed by atoms with Crippen molar-refractivity contribution in [2.45, 2.75) is 6.42 Å². The zero-order valence-corrected chi connectivity index (χ0v) is 15.1. The quantitative estimate of drug-likeness (QED) is 0.304. The molecule has 1 N–H and O–H groups in total. The number of rotatable bonds is 6. The number of benzene rings is 2. The fraction of sp³-hybridized carbons (Fsp3) is 0.105. The second kappa shape index (κ2) is 8.37. The molecule has 0 unspecified atom stereocenters. The van der Waals surface area contributed by atoms with Crippen LogP contribution in [0.15, 0.2) is 60.0 Å². The van der Waals surface area contributed by atoms with E-state index in [2.05, 4.69) is 25.2 Å². The molecular weight excluding hydrogens is 368 g/mol. The van der Waals surface area contributed by atoms with Gasteiger partial charge < -0.3 is 4.74 Å². The van der Waals surface area contributed by atoms with Gasteiger partial charge in [-0.1, -0.05) is 35.9 Å². The lowest BCUT2D eigenvalue weighted by Gasteiger charge is -2.08. The molecule has 0 aliphatic heterocycles. The smallest absolute Gasteiger partial charge is 0.374 e. The summed E-state index contributed by atoms with van der Waals surface area (Å²) in [6.07, 6.45) is 1.19. The van der Waals surface area contributed by atoms with Gasteiger partial charge in [0.1, 0.15) is 6.33 Å². The monoisotopic (exact) mass is 382 g/mol. The van der Waals surface area contributed by atoms with Crippen molar-refractivity contribution in [3.05, 3.63) is 65.4 Å². The van der Waals surface area contributed by atoms with Crippen molar-refractivity contribution in [1.29, 1.82) is 0 Å². The highest BCUT2D eigenvalue weighted by Crippen LogP contribution is 2.19. The van der Waals surface area contributed by atoms with Gasteiger partial charge in [-0.05, 0) is 29.8 Å². The van der Waals surface area contributed by atoms with Crippen molar-refractivity contribution in [3.63, 3.8) is 0 Å². The molecule has 3 aromatic rings. The minimum atomic E-state index is -0.927. The Morgan fingerprint density at radius 3 is 2.59 bits per heavy atom. The van der Waals surface area contributed by atoms with Crippen LogP contribution < -0.4 is 5.43 Å². The van der Waals surface area contributed by atoms with E-state index in [1.54, 1.807) is 24.3 Å². The molecule has 0 aliphatic carbocycles. The maximum absolute atomic E-state index is 12.0. The van der Waals surface area contributed by atoms with E-state index < -0.39 is 11.8 Å². The Morgan fingerprint density at radius 1 is 1.11 bits per heavy atom. The van der Waals surface area contributed by atoms with Gasteiger partial charge in [0.15, 0.2) is 5.82 Å². The summed E-state index contributed by atoms with van der Waals surface area (Å²) in [5, 5.41) is 5.63. The van der Waals surface area contributed by atoms with E-state index in [0.29, 0.717) is 22.1 Å². The van der Waals surface area contributed by atoms with E-state index in [-0.39, 0.29) is 6.42 Å². The highest BCUT2D eigenvalue weighted by Gasteiger charge is 2.18. The molecule has 0 saturated carbocycles. The molecule has 0 amide bonds. The molecule has 1 aromatic heterocycles. The van der Waals surface area contributed by atoms with Crippen LogP contribution in [-0.2, 0) is 14.3 Å². The summed E-state index contributed by atoms with van der Waals surface area (Å²) < 4.78 is 4.48. The van der Waals surface area contributed by atoms with Crippen molar-refractivity contribution >= 4 is 45.8 Å². The first-order valence-electron chi connectivity index (χ1n) is 7.98. The molecule has 27 heavy (non-hydrogen) atoms. The number of aromatic nitrogens is 2. The minimum Gasteiger partial charge on any atom is -0.463 e. The number of carbonyl (C=O) groups is 2. The lowest BCUT2D eigenvalue weighted by Crippen LogP contribution is -2.20. The minimum absolute atomic E-state index is 0.232. The Morgan fingerprint density at radius 2 is 1.85 bits per heavy atom. The number of esters is 1. The average molecular weight is 383 g/mol. The van der Waals surface area contributed by atoms with E-state index >= 15 is 0 Å². The number of hydrogen-bond donors (Lipinski definition) is 1. The van der Waals surface area contributed by atoms with Gasteiger partial charge in [0.05, 0.1) is 24.8 Å². The number of para-hydroxylation sites is 1. The molecular formula is C19H15ClN4O3. The van der Waals surface area contributed by atoms with Crippen molar-refractivity contribution < 1.29 is 14.3 Å². The Bertz CT molecular complexity index is 1010. The lowest BCUT2D eigenvalue weighted by atomic mass is 10.1. The number of hydrazone groups is 1. The van der Waals surface area contributed by atoms with E-state index in [1.165, 1.54) is 6.33 Å². The first-order valence-corrected chi connectivity index (χ1v) is 8.35. The van der Waals surface area contributed by atoms with Gasteiger partial charge in [-0.25, -0.2) is 14.8 Å². The number of nitrogens with one attached hydrogen (secondary N) is 1. The summed E-state index contributed by atoms with van der Waals surface area (Å²) in [6.45, 7) is 0. The Balaban J connectivity index is 1.94. The summed E-state index contributed by atoms with van der Waals surface area (Å²) in [5.74, 6) is -1.15. The third kappa shape index (κ3) is 4.45. The standard InChI is InChI=1S/C19H15ClN4O3/c1-27-19(26)17(25)10-16(12-6-8-13(20)9-7-12)23-24-18-14-4-2-3-5-15(14)21-11-22-18/h2-9,11H,10H2,1H3,(H,21,22,24)/b23-16-. The lowest BCUT2D eigenvalue weighted by molar-refractivity contribution is -0.151. The number of hydrogen-bond acceptors (Lipinski definition) is 7. The number of anilines is 1. The normalized spacial score (nSPS) is 11.3. The van der Waals surface area contributed by atoms with Gasteiger partial charge in [-0.2, -0.15) is 5.10 Å². The maximum Gasteiger partial charge on any atom is 0.374 e. The zero-order valence-electron chi connectivity index (χ0n) is 14.3. The van der Waals surface area contributed by atoms with Crippen LogP contribution in [0.1, 0.15) is 12.0 Å². The number of halogens is 1. The van der Waals surface area contributed by atoms with Crippen LogP contribution in [0, 0.1) is 0 Å². The number of methoxy groups -OCH3 is 1. The van der Waals surface area contributed by atoms with Gasteiger partial charge in [0.2, 0.25) is 5.78 Å². The fourth-order valence-electron chi connectivity index (χ4n) is 2.40. The first kappa shape index (κ1) is 18.5. The van der Waals surface area contributed by atoms with Gasteiger partial charge in [-0.15, -0.1) is 0 Å². The maximum atomic E-state index is 12.0. The van der Waals surface area contributed by atoms with Crippen molar-refractivity contribution in [3.8, 4) is 0 Å². The highest BCUT2D eigenvalue weighted by atomic mass is 35.5. The molecule has 0 fully saturated rings. The molecule has 8 heteroatoms. The van der Waals surface area contributed by atoms with Crippen molar-refractivity contribution in [2.75, 3.05) is 12.5 Å². The third-order valence-corrected chi connectivity index (χ3v) is 4.01. The summed E-state index contributed by atoms with van der Waals surface area (Å²) >= 11 is 5.92. The van der Waals surface area contributed by atoms with E-state index in [1.807, 2.05) is 24.3 Å².